The molecule has 2 saturated heterocycles. The molecule has 0 bridgehead atoms. The third-order valence-corrected chi connectivity index (χ3v) is 5.98. The Morgan fingerprint density at radius 1 is 1.21 bits per heavy atom. The van der Waals surface area contributed by atoms with Gasteiger partial charge in [-0.2, -0.15) is 0 Å². The molecule has 0 saturated carbocycles. The summed E-state index contributed by atoms with van der Waals surface area (Å²) < 4.78 is 0. The molecule has 1 unspecified atom stereocenters. The van der Waals surface area contributed by atoms with Crippen molar-refractivity contribution in [2.45, 2.75) is 39.2 Å². The highest BCUT2D eigenvalue weighted by atomic mass is 16.3. The number of benzene rings is 1. The van der Waals surface area contributed by atoms with Crippen molar-refractivity contribution in [3.05, 3.63) is 53.6 Å². The molecule has 29 heavy (non-hydrogen) atoms. The summed E-state index contributed by atoms with van der Waals surface area (Å²) in [5, 5.41) is 9.70. The lowest BCUT2D eigenvalue weighted by Crippen LogP contribution is -2.54. The quantitative estimate of drug-likeness (QED) is 0.865. The molecule has 4 rings (SSSR count). The van der Waals surface area contributed by atoms with Gasteiger partial charge in [0.15, 0.2) is 0 Å². The summed E-state index contributed by atoms with van der Waals surface area (Å²) >= 11 is 0. The predicted octanol–water partition coefficient (Wildman–Crippen LogP) is 2.54. The summed E-state index contributed by atoms with van der Waals surface area (Å²) in [7, 11) is 0. The molecule has 1 aromatic heterocycles. The van der Waals surface area contributed by atoms with Crippen LogP contribution >= 0.6 is 0 Å². The lowest BCUT2D eigenvalue weighted by molar-refractivity contribution is -0.139. The fourth-order valence-corrected chi connectivity index (χ4v) is 4.48. The number of phenolic OH excluding ortho intramolecular Hbond substituents is 1. The van der Waals surface area contributed by atoms with E-state index in [-0.39, 0.29) is 23.0 Å². The number of rotatable bonds is 3. The van der Waals surface area contributed by atoms with Crippen molar-refractivity contribution in [3.63, 3.8) is 0 Å². The fraction of sp³-hybridized carbons (Fsp3) is 0.455. The van der Waals surface area contributed by atoms with E-state index in [0.717, 1.165) is 30.7 Å². The second kappa shape index (κ2) is 7.81. The molecule has 2 aliphatic rings. The molecule has 1 atom stereocenters. The predicted molar refractivity (Wildman–Crippen MR) is 107 cm³/mol. The molecule has 1 spiro atoms. The zero-order valence-electron chi connectivity index (χ0n) is 16.7. The van der Waals surface area contributed by atoms with Gasteiger partial charge in [0.1, 0.15) is 5.75 Å². The SMILES string of the molecule is Cc1cnc(CN2CC3(CCCN(C(=O)c4cccc(O)c4)C3)CCC2=O)cn1. The highest BCUT2D eigenvalue weighted by Crippen LogP contribution is 2.39. The number of aryl methyl sites for hydroxylation is 1. The summed E-state index contributed by atoms with van der Waals surface area (Å²) in [6.45, 7) is 4.30. The van der Waals surface area contributed by atoms with Crippen molar-refractivity contribution in [1.29, 1.82) is 0 Å². The van der Waals surface area contributed by atoms with E-state index in [4.69, 9.17) is 0 Å². The van der Waals surface area contributed by atoms with Crippen LogP contribution in [0.4, 0.5) is 0 Å². The Hall–Kier alpha value is -2.96. The number of nitrogens with zero attached hydrogens (tertiary/aromatic N) is 4. The van der Waals surface area contributed by atoms with Crippen LogP contribution in [0.15, 0.2) is 36.7 Å². The maximum atomic E-state index is 13.0. The number of likely N-dealkylation sites (tertiary alicyclic amines) is 2. The number of hydrogen-bond acceptors (Lipinski definition) is 5. The third kappa shape index (κ3) is 4.23. The lowest BCUT2D eigenvalue weighted by atomic mass is 9.73. The van der Waals surface area contributed by atoms with Gasteiger partial charge in [-0.1, -0.05) is 6.07 Å². The molecule has 152 valence electrons. The standard InChI is InChI=1S/C22H26N4O3/c1-16-11-24-18(12-23-16)13-26-15-22(8-6-20(26)28)7-3-9-25(14-22)21(29)17-4-2-5-19(27)10-17/h2,4-5,10-12,27H,3,6-9,13-15H2,1H3. The largest absolute Gasteiger partial charge is 0.508 e. The van der Waals surface area contributed by atoms with Crippen LogP contribution in [-0.2, 0) is 11.3 Å². The third-order valence-electron chi connectivity index (χ3n) is 5.98. The van der Waals surface area contributed by atoms with Crippen LogP contribution < -0.4 is 0 Å². The fourth-order valence-electron chi connectivity index (χ4n) is 4.48. The second-order valence-corrected chi connectivity index (χ2v) is 8.28. The van der Waals surface area contributed by atoms with Crippen LogP contribution in [0.1, 0.15) is 47.4 Å². The normalized spacial score (nSPS) is 22.2. The molecule has 0 aliphatic carbocycles. The smallest absolute Gasteiger partial charge is 0.254 e. The Balaban J connectivity index is 1.48. The first-order valence-corrected chi connectivity index (χ1v) is 10.1. The second-order valence-electron chi connectivity index (χ2n) is 8.28. The Morgan fingerprint density at radius 3 is 2.83 bits per heavy atom. The average Bonchev–Trinajstić information content (AvgIpc) is 2.72. The molecule has 1 aromatic carbocycles. The number of piperidine rings is 2. The van der Waals surface area contributed by atoms with E-state index in [1.54, 1.807) is 30.6 Å². The topological polar surface area (TPSA) is 86.6 Å². The molecule has 7 heteroatoms. The van der Waals surface area contributed by atoms with Gasteiger partial charge in [0.25, 0.3) is 5.91 Å². The Kier molecular flexibility index (Phi) is 5.22. The van der Waals surface area contributed by atoms with Gasteiger partial charge in [-0.3, -0.25) is 19.6 Å². The van der Waals surface area contributed by atoms with Crippen molar-refractivity contribution in [2.24, 2.45) is 5.41 Å². The van der Waals surface area contributed by atoms with Crippen LogP contribution in [0.2, 0.25) is 0 Å². The molecule has 0 radical (unpaired) electrons. The van der Waals surface area contributed by atoms with Gasteiger partial charge in [-0.05, 0) is 44.4 Å². The number of carbonyl (C=O) groups is 2. The van der Waals surface area contributed by atoms with E-state index in [9.17, 15) is 14.7 Å². The number of amides is 2. The molecular weight excluding hydrogens is 368 g/mol. The highest BCUT2D eigenvalue weighted by molar-refractivity contribution is 5.94. The van der Waals surface area contributed by atoms with E-state index in [1.807, 2.05) is 16.7 Å². The van der Waals surface area contributed by atoms with Crippen molar-refractivity contribution in [1.82, 2.24) is 19.8 Å². The van der Waals surface area contributed by atoms with Crippen molar-refractivity contribution in [2.75, 3.05) is 19.6 Å². The summed E-state index contributed by atoms with van der Waals surface area (Å²) in [6.07, 6.45) is 6.65. The summed E-state index contributed by atoms with van der Waals surface area (Å²) in [5.41, 5.74) is 2.05. The lowest BCUT2D eigenvalue weighted by Gasteiger charge is -2.48. The van der Waals surface area contributed by atoms with E-state index in [1.165, 1.54) is 6.07 Å². The maximum Gasteiger partial charge on any atom is 0.254 e. The minimum Gasteiger partial charge on any atom is -0.508 e. The van der Waals surface area contributed by atoms with Crippen molar-refractivity contribution in [3.8, 4) is 5.75 Å². The molecule has 3 heterocycles. The number of aromatic nitrogens is 2. The van der Waals surface area contributed by atoms with Gasteiger partial charge >= 0.3 is 0 Å². The summed E-state index contributed by atoms with van der Waals surface area (Å²) in [6, 6.07) is 6.49. The molecule has 2 aromatic rings. The molecule has 2 aliphatic heterocycles. The van der Waals surface area contributed by atoms with Crippen LogP contribution in [0, 0.1) is 12.3 Å². The van der Waals surface area contributed by atoms with Crippen LogP contribution in [0.5, 0.6) is 5.75 Å². The zero-order valence-corrected chi connectivity index (χ0v) is 16.7. The van der Waals surface area contributed by atoms with E-state index >= 15 is 0 Å². The van der Waals surface area contributed by atoms with Crippen molar-refractivity contribution >= 4 is 11.8 Å². The first-order valence-electron chi connectivity index (χ1n) is 10.1. The molecule has 1 N–H and O–H groups in total. The number of carbonyl (C=O) groups excluding carboxylic acids is 2. The number of aromatic hydroxyl groups is 1. The van der Waals surface area contributed by atoms with Gasteiger partial charge in [0, 0.05) is 43.2 Å². The molecular formula is C22H26N4O3. The Labute approximate surface area is 170 Å². The maximum absolute atomic E-state index is 13.0. The van der Waals surface area contributed by atoms with Gasteiger partial charge in [-0.15, -0.1) is 0 Å². The highest BCUT2D eigenvalue weighted by Gasteiger charge is 2.42. The Bertz CT molecular complexity index is 915. The summed E-state index contributed by atoms with van der Waals surface area (Å²) in [4.78, 5) is 37.9. The van der Waals surface area contributed by atoms with Gasteiger partial charge < -0.3 is 14.9 Å². The first-order chi connectivity index (χ1) is 13.9. The first kappa shape index (κ1) is 19.4. The molecule has 2 fully saturated rings. The minimum atomic E-state index is -0.0865. The average molecular weight is 394 g/mol. The van der Waals surface area contributed by atoms with E-state index in [2.05, 4.69) is 9.97 Å². The van der Waals surface area contributed by atoms with Crippen LogP contribution in [0.3, 0.4) is 0 Å². The van der Waals surface area contributed by atoms with Gasteiger partial charge in [-0.25, -0.2) is 0 Å². The number of phenols is 1. The molecule has 2 amide bonds. The van der Waals surface area contributed by atoms with E-state index in [0.29, 0.717) is 38.2 Å². The van der Waals surface area contributed by atoms with Gasteiger partial charge in [0.05, 0.1) is 24.1 Å². The Morgan fingerprint density at radius 2 is 2.07 bits per heavy atom. The van der Waals surface area contributed by atoms with E-state index < -0.39 is 0 Å². The summed E-state index contributed by atoms with van der Waals surface area (Å²) in [5.74, 6) is 0.165. The van der Waals surface area contributed by atoms with Gasteiger partial charge in [0.2, 0.25) is 5.91 Å². The monoisotopic (exact) mass is 394 g/mol. The van der Waals surface area contributed by atoms with Crippen molar-refractivity contribution < 1.29 is 14.7 Å². The molecule has 7 nitrogen and oxygen atoms in total. The van der Waals surface area contributed by atoms with Crippen LogP contribution in [-0.4, -0.2) is 56.3 Å². The minimum absolute atomic E-state index is 0.0622. The number of hydrogen-bond donors (Lipinski definition) is 1. The zero-order chi connectivity index (χ0) is 20.4. The van der Waals surface area contributed by atoms with Crippen LogP contribution in [0.25, 0.3) is 0 Å².